The quantitative estimate of drug-likeness (QED) is 0.706. The lowest BCUT2D eigenvalue weighted by Gasteiger charge is -2.12. The summed E-state index contributed by atoms with van der Waals surface area (Å²) >= 11 is 0. The van der Waals surface area contributed by atoms with Crippen LogP contribution in [0.5, 0.6) is 5.75 Å². The normalized spacial score (nSPS) is 10.6. The number of methoxy groups -OCH3 is 1. The van der Waals surface area contributed by atoms with Crippen LogP contribution >= 0.6 is 0 Å². The summed E-state index contributed by atoms with van der Waals surface area (Å²) in [6.07, 6.45) is 0. The Morgan fingerprint density at radius 1 is 0.840 bits per heavy atom. The maximum Gasteiger partial charge on any atom is 0.232 e. The minimum Gasteiger partial charge on any atom is -0.497 e. The summed E-state index contributed by atoms with van der Waals surface area (Å²) < 4.78 is 5.21. The molecule has 0 radical (unpaired) electrons. The number of rotatable bonds is 6. The Hall–Kier alpha value is -3.15. The van der Waals surface area contributed by atoms with Crippen LogP contribution in [0.15, 0.2) is 54.6 Å². The molecule has 0 fully saturated rings. The van der Waals surface area contributed by atoms with Gasteiger partial charge in [0.05, 0.1) is 7.11 Å². The SMILES string of the molecule is COc1ccc(-c2nc(Nc3ccccc3)nc(NC(C)C)n2)cc1. The van der Waals surface area contributed by atoms with E-state index in [0.717, 1.165) is 17.0 Å². The van der Waals surface area contributed by atoms with Gasteiger partial charge < -0.3 is 15.4 Å². The third-order valence-corrected chi connectivity index (χ3v) is 3.43. The Kier molecular flexibility index (Phi) is 5.09. The zero-order chi connectivity index (χ0) is 17.6. The van der Waals surface area contributed by atoms with Crippen LogP contribution in [0.25, 0.3) is 11.4 Å². The molecule has 0 atom stereocenters. The van der Waals surface area contributed by atoms with E-state index in [1.165, 1.54) is 0 Å². The van der Waals surface area contributed by atoms with Gasteiger partial charge in [0.15, 0.2) is 5.82 Å². The van der Waals surface area contributed by atoms with Gasteiger partial charge in [0.2, 0.25) is 11.9 Å². The third kappa shape index (κ3) is 4.44. The topological polar surface area (TPSA) is 72.0 Å². The van der Waals surface area contributed by atoms with Crippen molar-refractivity contribution in [3.05, 3.63) is 54.6 Å². The lowest BCUT2D eigenvalue weighted by molar-refractivity contribution is 0.415. The van der Waals surface area contributed by atoms with E-state index in [-0.39, 0.29) is 6.04 Å². The Morgan fingerprint density at radius 3 is 2.16 bits per heavy atom. The largest absolute Gasteiger partial charge is 0.497 e. The minimum absolute atomic E-state index is 0.218. The highest BCUT2D eigenvalue weighted by Gasteiger charge is 2.10. The van der Waals surface area contributed by atoms with Crippen LogP contribution in [0, 0.1) is 0 Å². The number of anilines is 3. The summed E-state index contributed by atoms with van der Waals surface area (Å²) in [5.74, 6) is 2.42. The van der Waals surface area contributed by atoms with Gasteiger partial charge in [-0.1, -0.05) is 18.2 Å². The number of ether oxygens (including phenoxy) is 1. The number of aromatic nitrogens is 3. The number of nitrogens with zero attached hydrogens (tertiary/aromatic N) is 3. The molecule has 3 aromatic rings. The lowest BCUT2D eigenvalue weighted by atomic mass is 10.2. The molecule has 0 bridgehead atoms. The minimum atomic E-state index is 0.218. The molecule has 0 aliphatic rings. The molecule has 0 saturated heterocycles. The van der Waals surface area contributed by atoms with Gasteiger partial charge in [-0.2, -0.15) is 15.0 Å². The average molecular weight is 335 g/mol. The number of benzene rings is 2. The van der Waals surface area contributed by atoms with Crippen LogP contribution in [-0.2, 0) is 0 Å². The Labute approximate surface area is 147 Å². The summed E-state index contributed by atoms with van der Waals surface area (Å²) in [4.78, 5) is 13.5. The smallest absolute Gasteiger partial charge is 0.232 e. The van der Waals surface area contributed by atoms with Gasteiger partial charge in [-0.3, -0.25) is 0 Å². The maximum absolute atomic E-state index is 5.21. The maximum atomic E-state index is 5.21. The molecule has 1 aromatic heterocycles. The van der Waals surface area contributed by atoms with E-state index in [2.05, 4.69) is 25.6 Å². The van der Waals surface area contributed by atoms with Crippen molar-refractivity contribution in [2.45, 2.75) is 19.9 Å². The van der Waals surface area contributed by atoms with Crippen molar-refractivity contribution in [3.8, 4) is 17.1 Å². The standard InChI is InChI=1S/C19H21N5O/c1-13(2)20-18-22-17(14-9-11-16(25-3)12-10-14)23-19(24-18)21-15-7-5-4-6-8-15/h4-13H,1-3H3,(H2,20,21,22,23,24). The molecule has 0 unspecified atom stereocenters. The predicted molar refractivity (Wildman–Crippen MR) is 100 cm³/mol. The van der Waals surface area contributed by atoms with Crippen molar-refractivity contribution in [3.63, 3.8) is 0 Å². The number of hydrogen-bond acceptors (Lipinski definition) is 6. The van der Waals surface area contributed by atoms with Crippen LogP contribution in [0.3, 0.4) is 0 Å². The second-order valence-electron chi connectivity index (χ2n) is 5.82. The van der Waals surface area contributed by atoms with E-state index >= 15 is 0 Å². The molecule has 0 saturated carbocycles. The zero-order valence-corrected chi connectivity index (χ0v) is 14.5. The molecule has 128 valence electrons. The molecule has 0 aliphatic heterocycles. The van der Waals surface area contributed by atoms with E-state index in [9.17, 15) is 0 Å². The highest BCUT2D eigenvalue weighted by atomic mass is 16.5. The summed E-state index contributed by atoms with van der Waals surface area (Å²) in [7, 11) is 1.64. The first-order valence-electron chi connectivity index (χ1n) is 8.13. The number of para-hydroxylation sites is 1. The Balaban J connectivity index is 1.96. The first-order chi connectivity index (χ1) is 12.1. The molecular weight excluding hydrogens is 314 g/mol. The van der Waals surface area contributed by atoms with Crippen LogP contribution in [0.4, 0.5) is 17.6 Å². The molecule has 6 heteroatoms. The van der Waals surface area contributed by atoms with Gasteiger partial charge in [0.1, 0.15) is 5.75 Å². The van der Waals surface area contributed by atoms with Crippen LogP contribution in [0.1, 0.15) is 13.8 Å². The van der Waals surface area contributed by atoms with E-state index in [4.69, 9.17) is 4.74 Å². The van der Waals surface area contributed by atoms with Crippen molar-refractivity contribution >= 4 is 17.6 Å². The van der Waals surface area contributed by atoms with Crippen LogP contribution in [-0.4, -0.2) is 28.1 Å². The molecule has 0 amide bonds. The van der Waals surface area contributed by atoms with Crippen LogP contribution < -0.4 is 15.4 Å². The van der Waals surface area contributed by atoms with E-state index in [0.29, 0.717) is 17.7 Å². The molecule has 6 nitrogen and oxygen atoms in total. The van der Waals surface area contributed by atoms with Gasteiger partial charge in [0.25, 0.3) is 0 Å². The second-order valence-corrected chi connectivity index (χ2v) is 5.82. The zero-order valence-electron chi connectivity index (χ0n) is 14.5. The third-order valence-electron chi connectivity index (χ3n) is 3.43. The fraction of sp³-hybridized carbons (Fsp3) is 0.211. The second kappa shape index (κ2) is 7.61. The first kappa shape index (κ1) is 16.7. The van der Waals surface area contributed by atoms with Crippen molar-refractivity contribution < 1.29 is 4.74 Å². The Morgan fingerprint density at radius 2 is 1.52 bits per heavy atom. The van der Waals surface area contributed by atoms with Gasteiger partial charge in [-0.05, 0) is 50.2 Å². The summed E-state index contributed by atoms with van der Waals surface area (Å²) in [6, 6.07) is 17.7. The highest BCUT2D eigenvalue weighted by molar-refractivity contribution is 5.61. The highest BCUT2D eigenvalue weighted by Crippen LogP contribution is 2.22. The summed E-state index contributed by atoms with van der Waals surface area (Å²) in [5, 5.41) is 6.46. The monoisotopic (exact) mass is 335 g/mol. The van der Waals surface area contributed by atoms with Crippen LogP contribution in [0.2, 0.25) is 0 Å². The number of nitrogens with one attached hydrogen (secondary N) is 2. The van der Waals surface area contributed by atoms with E-state index < -0.39 is 0 Å². The molecule has 1 heterocycles. The number of hydrogen-bond donors (Lipinski definition) is 2. The van der Waals surface area contributed by atoms with E-state index in [1.807, 2.05) is 68.4 Å². The van der Waals surface area contributed by atoms with Gasteiger partial charge in [-0.15, -0.1) is 0 Å². The van der Waals surface area contributed by atoms with Gasteiger partial charge in [0, 0.05) is 17.3 Å². The predicted octanol–water partition coefficient (Wildman–Crippen LogP) is 4.11. The fourth-order valence-electron chi connectivity index (χ4n) is 2.27. The lowest BCUT2D eigenvalue weighted by Crippen LogP contribution is -2.14. The van der Waals surface area contributed by atoms with Gasteiger partial charge >= 0.3 is 0 Å². The molecule has 2 aromatic carbocycles. The van der Waals surface area contributed by atoms with Crippen molar-refractivity contribution in [1.82, 2.24) is 15.0 Å². The summed E-state index contributed by atoms with van der Waals surface area (Å²) in [5.41, 5.74) is 1.82. The fourth-order valence-corrected chi connectivity index (χ4v) is 2.27. The van der Waals surface area contributed by atoms with E-state index in [1.54, 1.807) is 7.11 Å². The van der Waals surface area contributed by atoms with Crippen molar-refractivity contribution in [2.75, 3.05) is 17.7 Å². The first-order valence-corrected chi connectivity index (χ1v) is 8.13. The molecule has 0 spiro atoms. The Bertz CT molecular complexity index is 819. The molecule has 3 rings (SSSR count). The van der Waals surface area contributed by atoms with Crippen molar-refractivity contribution in [1.29, 1.82) is 0 Å². The van der Waals surface area contributed by atoms with Crippen molar-refractivity contribution in [2.24, 2.45) is 0 Å². The molecular formula is C19H21N5O. The molecule has 0 aliphatic carbocycles. The molecule has 25 heavy (non-hydrogen) atoms. The average Bonchev–Trinajstić information content (AvgIpc) is 2.62. The summed E-state index contributed by atoms with van der Waals surface area (Å²) in [6.45, 7) is 4.09. The van der Waals surface area contributed by atoms with Gasteiger partial charge in [-0.25, -0.2) is 0 Å². The molecule has 2 N–H and O–H groups in total.